The van der Waals surface area contributed by atoms with Gasteiger partial charge in [0, 0.05) is 30.6 Å². The van der Waals surface area contributed by atoms with Crippen molar-refractivity contribution in [3.8, 4) is 0 Å². The van der Waals surface area contributed by atoms with Gasteiger partial charge in [0.2, 0.25) is 0 Å². The van der Waals surface area contributed by atoms with Gasteiger partial charge < -0.3 is 14.6 Å². The van der Waals surface area contributed by atoms with Crippen molar-refractivity contribution in [2.45, 2.75) is 12.8 Å². The van der Waals surface area contributed by atoms with Gasteiger partial charge in [0.25, 0.3) is 11.6 Å². The minimum absolute atomic E-state index is 0.00241. The van der Waals surface area contributed by atoms with E-state index in [0.717, 1.165) is 39.0 Å². The quantitative estimate of drug-likeness (QED) is 0.675. The van der Waals surface area contributed by atoms with Gasteiger partial charge in [-0.05, 0) is 49.9 Å². The maximum Gasteiger partial charge on any atom is 0.289 e. The van der Waals surface area contributed by atoms with Crippen molar-refractivity contribution in [3.63, 3.8) is 0 Å². The van der Waals surface area contributed by atoms with Gasteiger partial charge in [0.1, 0.15) is 5.58 Å². The van der Waals surface area contributed by atoms with Crippen LogP contribution in [-0.4, -0.2) is 41.9 Å². The average molecular weight is 329 g/mol. The predicted molar refractivity (Wildman–Crippen MR) is 87.9 cm³/mol. The Bertz CT molecular complexity index is 786. The van der Waals surface area contributed by atoms with Gasteiger partial charge in [0.15, 0.2) is 5.76 Å². The third-order valence-corrected chi connectivity index (χ3v) is 5.23. The van der Waals surface area contributed by atoms with Crippen molar-refractivity contribution in [2.24, 2.45) is 11.8 Å². The number of carbonyl (C=O) groups excluding carboxylic acids is 1. The Hall–Kier alpha value is -2.41. The number of carbonyl (C=O) groups is 1. The molecule has 1 N–H and O–H groups in total. The van der Waals surface area contributed by atoms with Crippen LogP contribution in [0.15, 0.2) is 28.7 Å². The normalized spacial score (nSPS) is 23.9. The van der Waals surface area contributed by atoms with Gasteiger partial charge in [-0.1, -0.05) is 0 Å². The lowest BCUT2D eigenvalue weighted by Crippen LogP contribution is -2.32. The number of nitro benzene ring substituents is 1. The van der Waals surface area contributed by atoms with Crippen LogP contribution in [0.4, 0.5) is 5.69 Å². The van der Waals surface area contributed by atoms with Crippen molar-refractivity contribution >= 4 is 22.6 Å². The molecule has 2 aliphatic heterocycles. The van der Waals surface area contributed by atoms with E-state index in [0.29, 0.717) is 22.8 Å². The Balaban J connectivity index is 1.55. The molecule has 0 saturated carbocycles. The number of furan rings is 1. The van der Waals surface area contributed by atoms with Crippen LogP contribution < -0.4 is 5.32 Å². The summed E-state index contributed by atoms with van der Waals surface area (Å²) in [6, 6.07) is 5.98. The van der Waals surface area contributed by atoms with Crippen LogP contribution in [-0.2, 0) is 0 Å². The molecule has 0 aliphatic carbocycles. The summed E-state index contributed by atoms with van der Waals surface area (Å²) in [4.78, 5) is 25.0. The molecular weight excluding hydrogens is 310 g/mol. The minimum Gasteiger partial charge on any atom is -0.451 e. The molecule has 0 spiro atoms. The Kier molecular flexibility index (Phi) is 3.72. The lowest BCUT2D eigenvalue weighted by Gasteiger charge is -2.19. The Morgan fingerprint density at radius 3 is 2.58 bits per heavy atom. The summed E-state index contributed by atoms with van der Waals surface area (Å²) < 4.78 is 5.63. The number of benzene rings is 1. The van der Waals surface area contributed by atoms with Crippen molar-refractivity contribution in [2.75, 3.05) is 26.2 Å². The number of amides is 1. The predicted octanol–water partition coefficient (Wildman–Crippen LogP) is 2.41. The topological polar surface area (TPSA) is 88.6 Å². The van der Waals surface area contributed by atoms with Crippen molar-refractivity contribution < 1.29 is 14.1 Å². The molecule has 3 heterocycles. The molecule has 0 radical (unpaired) electrons. The minimum atomic E-state index is -0.449. The summed E-state index contributed by atoms with van der Waals surface area (Å²) in [6.45, 7) is 3.56. The van der Waals surface area contributed by atoms with Crippen LogP contribution >= 0.6 is 0 Å². The van der Waals surface area contributed by atoms with E-state index in [1.165, 1.54) is 12.1 Å². The fourth-order valence-electron chi connectivity index (χ4n) is 3.83. The number of rotatable bonds is 2. The Labute approximate surface area is 138 Å². The molecule has 1 aromatic heterocycles. The highest BCUT2D eigenvalue weighted by molar-refractivity contribution is 5.96. The summed E-state index contributed by atoms with van der Waals surface area (Å²) in [6.07, 6.45) is 2.02. The number of nitrogens with one attached hydrogen (secondary N) is 1. The molecule has 2 fully saturated rings. The first kappa shape index (κ1) is 15.1. The average Bonchev–Trinajstić information content (AvgIpc) is 3.15. The van der Waals surface area contributed by atoms with Crippen LogP contribution in [0.25, 0.3) is 11.0 Å². The maximum atomic E-state index is 12.7. The zero-order chi connectivity index (χ0) is 16.7. The second-order valence-corrected chi connectivity index (χ2v) is 6.64. The monoisotopic (exact) mass is 329 g/mol. The highest BCUT2D eigenvalue weighted by atomic mass is 16.6. The molecule has 1 amide bonds. The first-order chi connectivity index (χ1) is 11.6. The second-order valence-electron chi connectivity index (χ2n) is 6.64. The van der Waals surface area contributed by atoms with Crippen molar-refractivity contribution in [1.82, 2.24) is 10.2 Å². The number of hydrogen-bond donors (Lipinski definition) is 1. The largest absolute Gasteiger partial charge is 0.451 e. The number of nitro groups is 1. The van der Waals surface area contributed by atoms with Crippen LogP contribution in [0.5, 0.6) is 0 Å². The third-order valence-electron chi connectivity index (χ3n) is 5.23. The van der Waals surface area contributed by atoms with Gasteiger partial charge >= 0.3 is 0 Å². The summed E-state index contributed by atoms with van der Waals surface area (Å²) in [5, 5.41) is 14.9. The molecule has 7 nitrogen and oxygen atoms in total. The van der Waals surface area contributed by atoms with E-state index in [4.69, 9.17) is 4.42 Å². The summed E-state index contributed by atoms with van der Waals surface area (Å²) in [5.74, 6) is 1.44. The van der Waals surface area contributed by atoms with Crippen LogP contribution in [0, 0.1) is 22.0 Å². The van der Waals surface area contributed by atoms with E-state index < -0.39 is 4.92 Å². The van der Waals surface area contributed by atoms with Gasteiger partial charge in [-0.25, -0.2) is 0 Å². The maximum absolute atomic E-state index is 12.7. The number of hydrogen-bond acceptors (Lipinski definition) is 5. The SMILES string of the molecule is O=C(c1cc2cc([N+](=O)[O-])ccc2o1)N1CC[C@@H]2CNC[C@@H]2CC1. The number of nitrogens with zero attached hydrogens (tertiary/aromatic N) is 2. The number of non-ortho nitro benzene ring substituents is 1. The molecule has 0 bridgehead atoms. The lowest BCUT2D eigenvalue weighted by atomic mass is 9.92. The molecule has 7 heteroatoms. The zero-order valence-corrected chi connectivity index (χ0v) is 13.2. The molecule has 2 aromatic rings. The molecule has 0 unspecified atom stereocenters. The Morgan fingerprint density at radius 1 is 1.21 bits per heavy atom. The molecule has 2 atom stereocenters. The molecule has 4 rings (SSSR count). The smallest absolute Gasteiger partial charge is 0.289 e. The fraction of sp³-hybridized carbons (Fsp3) is 0.471. The number of fused-ring (bicyclic) bond motifs is 2. The zero-order valence-electron chi connectivity index (χ0n) is 13.2. The van der Waals surface area contributed by atoms with Gasteiger partial charge in [-0.2, -0.15) is 0 Å². The molecule has 2 saturated heterocycles. The van der Waals surface area contributed by atoms with Gasteiger partial charge in [-0.15, -0.1) is 0 Å². The summed E-state index contributed by atoms with van der Waals surface area (Å²) in [5.41, 5.74) is 0.497. The van der Waals surface area contributed by atoms with Crippen molar-refractivity contribution in [1.29, 1.82) is 0 Å². The molecule has 2 aliphatic rings. The van der Waals surface area contributed by atoms with Crippen LogP contribution in [0.1, 0.15) is 23.4 Å². The summed E-state index contributed by atoms with van der Waals surface area (Å²) >= 11 is 0. The third kappa shape index (κ3) is 2.65. The Morgan fingerprint density at radius 2 is 1.92 bits per heavy atom. The van der Waals surface area contributed by atoms with E-state index in [1.54, 1.807) is 12.1 Å². The second kappa shape index (κ2) is 5.90. The molecule has 126 valence electrons. The molecular formula is C17H19N3O4. The van der Waals surface area contributed by atoms with Crippen LogP contribution in [0.2, 0.25) is 0 Å². The van der Waals surface area contributed by atoms with Gasteiger partial charge in [0.05, 0.1) is 4.92 Å². The van der Waals surface area contributed by atoms with E-state index >= 15 is 0 Å². The lowest BCUT2D eigenvalue weighted by molar-refractivity contribution is -0.384. The number of likely N-dealkylation sites (tertiary alicyclic amines) is 1. The van der Waals surface area contributed by atoms with E-state index in [-0.39, 0.29) is 17.4 Å². The summed E-state index contributed by atoms with van der Waals surface area (Å²) in [7, 11) is 0. The standard InChI is InChI=1S/C17H19N3O4/c21-17(19-5-3-11-9-18-10-12(11)4-6-19)16-8-13-7-14(20(22)23)1-2-15(13)24-16/h1-2,7-8,11-12,18H,3-6,9-10H2/t11-,12+. The fourth-order valence-corrected chi connectivity index (χ4v) is 3.83. The van der Waals surface area contributed by atoms with Crippen molar-refractivity contribution in [3.05, 3.63) is 40.1 Å². The van der Waals surface area contributed by atoms with Gasteiger partial charge in [-0.3, -0.25) is 14.9 Å². The van der Waals surface area contributed by atoms with E-state index in [9.17, 15) is 14.9 Å². The molecule has 24 heavy (non-hydrogen) atoms. The van der Waals surface area contributed by atoms with E-state index in [1.807, 2.05) is 4.90 Å². The highest BCUT2D eigenvalue weighted by Crippen LogP contribution is 2.29. The first-order valence-electron chi connectivity index (χ1n) is 8.30. The highest BCUT2D eigenvalue weighted by Gasteiger charge is 2.32. The van der Waals surface area contributed by atoms with Crippen LogP contribution in [0.3, 0.4) is 0 Å². The first-order valence-corrected chi connectivity index (χ1v) is 8.30. The molecule has 1 aromatic carbocycles. The van der Waals surface area contributed by atoms with E-state index in [2.05, 4.69) is 5.32 Å².